The van der Waals surface area contributed by atoms with E-state index in [0.29, 0.717) is 0 Å². The molecule has 0 saturated heterocycles. The average Bonchev–Trinajstić information content (AvgIpc) is 2.24. The third-order valence-electron chi connectivity index (χ3n) is 2.44. The molecule has 0 saturated carbocycles. The van der Waals surface area contributed by atoms with E-state index in [9.17, 15) is 0 Å². The van der Waals surface area contributed by atoms with Gasteiger partial charge in [-0.05, 0) is 38.1 Å². The molecular formula is C11H26O2SSi. The van der Waals surface area contributed by atoms with E-state index in [0.717, 1.165) is 37.5 Å². The molecule has 0 fully saturated rings. The highest BCUT2D eigenvalue weighted by atomic mass is 32.1. The van der Waals surface area contributed by atoms with Crippen molar-refractivity contribution in [3.05, 3.63) is 0 Å². The van der Waals surface area contributed by atoms with Gasteiger partial charge in [-0.1, -0.05) is 19.8 Å². The lowest BCUT2D eigenvalue weighted by Crippen LogP contribution is -2.42. The first-order valence-corrected chi connectivity index (χ1v) is 8.99. The normalized spacial score (nSPS) is 12.0. The van der Waals surface area contributed by atoms with Crippen LogP contribution in [0.15, 0.2) is 0 Å². The summed E-state index contributed by atoms with van der Waals surface area (Å²) < 4.78 is 11.9. The van der Waals surface area contributed by atoms with E-state index < -0.39 is 8.56 Å². The minimum absolute atomic E-state index is 0.780. The Balaban J connectivity index is 4.26. The van der Waals surface area contributed by atoms with Gasteiger partial charge in [0.1, 0.15) is 0 Å². The molecule has 0 heterocycles. The lowest BCUT2D eigenvalue weighted by molar-refractivity contribution is 0.181. The second kappa shape index (κ2) is 9.69. The summed E-state index contributed by atoms with van der Waals surface area (Å²) in [4.78, 5) is 0. The lowest BCUT2D eigenvalue weighted by atomic mass is 10.4. The van der Waals surface area contributed by atoms with Crippen LogP contribution in [-0.2, 0) is 8.85 Å². The van der Waals surface area contributed by atoms with Crippen LogP contribution in [0.3, 0.4) is 0 Å². The summed E-state index contributed by atoms with van der Waals surface area (Å²) in [7, 11) is -1.89. The Morgan fingerprint density at radius 2 is 1.47 bits per heavy atom. The zero-order valence-corrected chi connectivity index (χ0v) is 12.3. The van der Waals surface area contributed by atoms with Gasteiger partial charge in [-0.25, -0.2) is 0 Å². The Morgan fingerprint density at radius 1 is 0.933 bits per heavy atom. The highest BCUT2D eigenvalue weighted by Crippen LogP contribution is 2.24. The quantitative estimate of drug-likeness (QED) is 0.471. The molecule has 0 aliphatic rings. The van der Waals surface area contributed by atoms with Crippen molar-refractivity contribution in [2.45, 2.75) is 52.1 Å². The van der Waals surface area contributed by atoms with Crippen LogP contribution in [0.25, 0.3) is 0 Å². The number of rotatable bonds is 10. The van der Waals surface area contributed by atoms with Gasteiger partial charge >= 0.3 is 8.56 Å². The number of unbranched alkanes of at least 4 members (excludes halogenated alkanes) is 1. The highest BCUT2D eigenvalue weighted by Gasteiger charge is 2.35. The van der Waals surface area contributed by atoms with E-state index in [-0.39, 0.29) is 0 Å². The third kappa shape index (κ3) is 6.61. The molecule has 0 spiro atoms. The SMILES string of the molecule is CCCC[Si](CCCS)(OCC)OCC. The predicted molar refractivity (Wildman–Crippen MR) is 72.0 cm³/mol. The molecule has 0 aromatic carbocycles. The van der Waals surface area contributed by atoms with Crippen LogP contribution in [0.4, 0.5) is 0 Å². The van der Waals surface area contributed by atoms with E-state index >= 15 is 0 Å². The molecule has 0 aliphatic carbocycles. The molecule has 4 heteroatoms. The molecule has 0 bridgehead atoms. The molecule has 15 heavy (non-hydrogen) atoms. The summed E-state index contributed by atoms with van der Waals surface area (Å²) >= 11 is 4.27. The van der Waals surface area contributed by atoms with E-state index in [1.807, 2.05) is 0 Å². The molecule has 0 atom stereocenters. The second-order valence-corrected chi connectivity index (χ2v) is 7.55. The van der Waals surface area contributed by atoms with Gasteiger partial charge < -0.3 is 8.85 Å². The Bertz CT molecular complexity index is 129. The van der Waals surface area contributed by atoms with Gasteiger partial charge in [-0.3, -0.25) is 0 Å². The van der Waals surface area contributed by atoms with E-state index in [2.05, 4.69) is 33.4 Å². The topological polar surface area (TPSA) is 18.5 Å². The van der Waals surface area contributed by atoms with Crippen molar-refractivity contribution in [1.29, 1.82) is 0 Å². The van der Waals surface area contributed by atoms with E-state index in [4.69, 9.17) is 8.85 Å². The van der Waals surface area contributed by atoms with Crippen LogP contribution in [0, 0.1) is 0 Å². The van der Waals surface area contributed by atoms with Crippen LogP contribution in [0.1, 0.15) is 40.0 Å². The van der Waals surface area contributed by atoms with Gasteiger partial charge in [-0.2, -0.15) is 12.6 Å². The van der Waals surface area contributed by atoms with E-state index in [1.54, 1.807) is 0 Å². The van der Waals surface area contributed by atoms with Crippen LogP contribution >= 0.6 is 12.6 Å². The fourth-order valence-corrected chi connectivity index (χ4v) is 5.80. The van der Waals surface area contributed by atoms with Gasteiger partial charge in [0.2, 0.25) is 0 Å². The maximum atomic E-state index is 5.96. The molecule has 0 N–H and O–H groups in total. The smallest absolute Gasteiger partial charge is 0.338 e. The highest BCUT2D eigenvalue weighted by molar-refractivity contribution is 7.80. The molecule has 0 unspecified atom stereocenters. The van der Waals surface area contributed by atoms with Crippen LogP contribution in [0.2, 0.25) is 12.1 Å². The van der Waals surface area contributed by atoms with Crippen molar-refractivity contribution in [2.24, 2.45) is 0 Å². The zero-order valence-electron chi connectivity index (χ0n) is 10.4. The molecule has 0 aromatic rings. The summed E-state index contributed by atoms with van der Waals surface area (Å²) in [5, 5.41) is 0. The van der Waals surface area contributed by atoms with Crippen LogP contribution in [-0.4, -0.2) is 27.5 Å². The average molecular weight is 250 g/mol. The molecule has 0 aromatic heterocycles. The Hall–Kier alpha value is 0.487. The summed E-state index contributed by atoms with van der Waals surface area (Å²) in [6, 6.07) is 2.23. The second-order valence-electron chi connectivity index (χ2n) is 3.71. The van der Waals surface area contributed by atoms with Gasteiger partial charge in [0, 0.05) is 13.2 Å². The first-order chi connectivity index (χ1) is 7.24. The molecule has 0 amide bonds. The Kier molecular flexibility index (Phi) is 10.0. The third-order valence-corrected chi connectivity index (χ3v) is 6.62. The maximum absolute atomic E-state index is 5.96. The van der Waals surface area contributed by atoms with Crippen molar-refractivity contribution >= 4 is 21.2 Å². The van der Waals surface area contributed by atoms with Crippen molar-refractivity contribution in [1.82, 2.24) is 0 Å². The summed E-state index contributed by atoms with van der Waals surface area (Å²) in [5.41, 5.74) is 0. The zero-order chi connectivity index (χ0) is 11.6. The van der Waals surface area contributed by atoms with Crippen LogP contribution < -0.4 is 0 Å². The molecular weight excluding hydrogens is 224 g/mol. The Morgan fingerprint density at radius 3 is 1.87 bits per heavy atom. The minimum atomic E-state index is -1.89. The molecule has 0 radical (unpaired) electrons. The largest absolute Gasteiger partial charge is 0.394 e. The van der Waals surface area contributed by atoms with Crippen molar-refractivity contribution < 1.29 is 8.85 Å². The minimum Gasteiger partial charge on any atom is -0.394 e. The van der Waals surface area contributed by atoms with Gasteiger partial charge in [0.25, 0.3) is 0 Å². The monoisotopic (exact) mass is 250 g/mol. The fraction of sp³-hybridized carbons (Fsp3) is 1.00. The van der Waals surface area contributed by atoms with Gasteiger partial charge in [-0.15, -0.1) is 0 Å². The standard InChI is InChI=1S/C11H26O2SSi/c1-4-7-10-15(12-5-2,13-6-3)11-8-9-14/h14H,4-11H2,1-3H3. The molecule has 92 valence electrons. The molecule has 2 nitrogen and oxygen atoms in total. The summed E-state index contributed by atoms with van der Waals surface area (Å²) in [6.45, 7) is 7.90. The molecule has 0 rings (SSSR count). The summed E-state index contributed by atoms with van der Waals surface area (Å²) in [5.74, 6) is 0.932. The van der Waals surface area contributed by atoms with Gasteiger partial charge in [0.05, 0.1) is 0 Å². The summed E-state index contributed by atoms with van der Waals surface area (Å²) in [6.07, 6.45) is 3.55. The van der Waals surface area contributed by atoms with Gasteiger partial charge in [0.15, 0.2) is 0 Å². The fourth-order valence-electron chi connectivity index (χ4n) is 1.78. The number of hydrogen-bond donors (Lipinski definition) is 1. The van der Waals surface area contributed by atoms with Crippen LogP contribution in [0.5, 0.6) is 0 Å². The Labute approximate surface area is 101 Å². The predicted octanol–water partition coefficient (Wildman–Crippen LogP) is 3.62. The van der Waals surface area contributed by atoms with E-state index in [1.165, 1.54) is 12.8 Å². The maximum Gasteiger partial charge on any atom is 0.338 e. The van der Waals surface area contributed by atoms with Crippen molar-refractivity contribution in [2.75, 3.05) is 19.0 Å². The first-order valence-electron chi connectivity index (χ1n) is 6.13. The van der Waals surface area contributed by atoms with Crippen molar-refractivity contribution in [3.63, 3.8) is 0 Å². The number of hydrogen-bond acceptors (Lipinski definition) is 3. The first kappa shape index (κ1) is 15.5. The lowest BCUT2D eigenvalue weighted by Gasteiger charge is -2.30. The molecule has 0 aliphatic heterocycles. The van der Waals surface area contributed by atoms with Crippen molar-refractivity contribution in [3.8, 4) is 0 Å². The number of thiol groups is 1.